The molecule has 10 heavy (non-hydrogen) atoms. The number of benzene rings is 1. The Balaban J connectivity index is 3.09. The summed E-state index contributed by atoms with van der Waals surface area (Å²) in [7, 11) is 0. The lowest BCUT2D eigenvalue weighted by Gasteiger charge is -1.99. The molecule has 1 rings (SSSR count). The second-order valence-corrected chi connectivity index (χ2v) is 3.83. The minimum absolute atomic E-state index is 0.354. The van der Waals surface area contributed by atoms with Crippen LogP contribution in [-0.4, -0.2) is 5.11 Å². The van der Waals surface area contributed by atoms with Gasteiger partial charge in [-0.15, -0.1) is 0 Å². The summed E-state index contributed by atoms with van der Waals surface area (Å²) in [5, 5.41) is 9.06. The Labute approximate surface area is 87.1 Å². The van der Waals surface area contributed by atoms with Gasteiger partial charge in [0.1, 0.15) is 5.75 Å². The Morgan fingerprint density at radius 2 is 2.10 bits per heavy atom. The van der Waals surface area contributed by atoms with E-state index in [2.05, 4.69) is 45.2 Å². The molecular weight excluding hydrogens is 354 g/mol. The predicted molar refractivity (Wildman–Crippen MR) is 58.5 cm³/mol. The van der Waals surface area contributed by atoms with Gasteiger partial charge in [0, 0.05) is 8.00 Å². The summed E-state index contributed by atoms with van der Waals surface area (Å²) in [5.74, 6) is 0.354. The average molecular weight is 360 g/mol. The molecule has 0 amide bonds. The fourth-order valence-electron chi connectivity index (χ4n) is 0.664. The zero-order chi connectivity index (χ0) is 7.56. The van der Waals surface area contributed by atoms with Crippen molar-refractivity contribution in [1.29, 1.82) is 0 Å². The number of hydrogen-bond acceptors (Lipinski definition) is 1. The lowest BCUT2D eigenvalue weighted by Crippen LogP contribution is -1.81. The second-order valence-electron chi connectivity index (χ2n) is 1.91. The normalized spacial score (nSPS) is 9.80. The van der Waals surface area contributed by atoms with E-state index in [0.29, 0.717) is 5.75 Å². The standard InChI is InChI=1S/C7H6I2O/c8-4-5-3-6(10)1-2-7(5)9/h1-3,10H,4H2. The Morgan fingerprint density at radius 3 is 2.60 bits per heavy atom. The zero-order valence-electron chi connectivity index (χ0n) is 5.14. The van der Waals surface area contributed by atoms with Gasteiger partial charge in [-0.25, -0.2) is 0 Å². The fraction of sp³-hybridized carbons (Fsp3) is 0.143. The van der Waals surface area contributed by atoms with Gasteiger partial charge in [0.25, 0.3) is 0 Å². The number of phenols is 1. The molecule has 0 saturated carbocycles. The largest absolute Gasteiger partial charge is 0.508 e. The summed E-state index contributed by atoms with van der Waals surface area (Å²) in [6.07, 6.45) is 0. The Kier molecular flexibility index (Phi) is 3.22. The molecule has 1 N–H and O–H groups in total. The van der Waals surface area contributed by atoms with Crippen LogP contribution in [0.4, 0.5) is 0 Å². The van der Waals surface area contributed by atoms with Crippen molar-refractivity contribution in [3.63, 3.8) is 0 Å². The minimum Gasteiger partial charge on any atom is -0.508 e. The maximum atomic E-state index is 9.06. The Hall–Kier alpha value is 0.480. The Morgan fingerprint density at radius 1 is 1.40 bits per heavy atom. The lowest BCUT2D eigenvalue weighted by atomic mass is 10.2. The van der Waals surface area contributed by atoms with Crippen LogP contribution in [-0.2, 0) is 4.43 Å². The summed E-state index contributed by atoms with van der Waals surface area (Å²) in [5.41, 5.74) is 1.20. The first-order valence-corrected chi connectivity index (χ1v) is 5.38. The molecule has 3 heteroatoms. The number of rotatable bonds is 1. The summed E-state index contributed by atoms with van der Waals surface area (Å²) in [6.45, 7) is 0. The first-order chi connectivity index (χ1) is 4.74. The van der Waals surface area contributed by atoms with Crippen LogP contribution >= 0.6 is 45.2 Å². The molecule has 0 atom stereocenters. The third-order valence-electron chi connectivity index (χ3n) is 1.17. The number of phenolic OH excluding ortho intramolecular Hbond substituents is 1. The van der Waals surface area contributed by atoms with Crippen LogP contribution in [0.3, 0.4) is 0 Å². The van der Waals surface area contributed by atoms with Crippen LogP contribution in [0.15, 0.2) is 18.2 Å². The van der Waals surface area contributed by atoms with Gasteiger partial charge in [-0.1, -0.05) is 22.6 Å². The summed E-state index contributed by atoms with van der Waals surface area (Å²) < 4.78 is 2.16. The highest BCUT2D eigenvalue weighted by Gasteiger charge is 1.97. The molecular formula is C7H6I2O. The highest BCUT2D eigenvalue weighted by Crippen LogP contribution is 2.20. The highest BCUT2D eigenvalue weighted by atomic mass is 127. The van der Waals surface area contributed by atoms with Crippen LogP contribution < -0.4 is 0 Å². The summed E-state index contributed by atoms with van der Waals surface area (Å²) in [4.78, 5) is 0. The van der Waals surface area contributed by atoms with Crippen molar-refractivity contribution in [3.05, 3.63) is 27.3 Å². The molecule has 0 bridgehead atoms. The minimum atomic E-state index is 0.354. The number of hydrogen-bond donors (Lipinski definition) is 1. The fourth-order valence-corrected chi connectivity index (χ4v) is 2.55. The Bertz CT molecular complexity index is 235. The van der Waals surface area contributed by atoms with E-state index in [4.69, 9.17) is 5.11 Å². The maximum absolute atomic E-state index is 9.06. The number of alkyl halides is 1. The van der Waals surface area contributed by atoms with Crippen LogP contribution in [0, 0.1) is 3.57 Å². The van der Waals surface area contributed by atoms with Gasteiger partial charge >= 0.3 is 0 Å². The van der Waals surface area contributed by atoms with Gasteiger partial charge in [0.05, 0.1) is 0 Å². The van der Waals surface area contributed by atoms with Crippen LogP contribution in [0.1, 0.15) is 5.56 Å². The van der Waals surface area contributed by atoms with E-state index in [9.17, 15) is 0 Å². The topological polar surface area (TPSA) is 20.2 Å². The first kappa shape index (κ1) is 8.58. The van der Waals surface area contributed by atoms with Crippen molar-refractivity contribution in [1.82, 2.24) is 0 Å². The molecule has 0 unspecified atom stereocenters. The van der Waals surface area contributed by atoms with E-state index in [-0.39, 0.29) is 0 Å². The highest BCUT2D eigenvalue weighted by molar-refractivity contribution is 14.1. The van der Waals surface area contributed by atoms with Gasteiger partial charge in [0.2, 0.25) is 0 Å². The molecule has 1 aromatic rings. The van der Waals surface area contributed by atoms with Gasteiger partial charge in [-0.2, -0.15) is 0 Å². The van der Waals surface area contributed by atoms with Gasteiger partial charge < -0.3 is 5.11 Å². The number of halogens is 2. The molecule has 54 valence electrons. The third kappa shape index (κ3) is 1.98. The molecule has 0 aliphatic carbocycles. The molecule has 0 heterocycles. The van der Waals surface area contributed by atoms with Crippen LogP contribution in [0.5, 0.6) is 5.75 Å². The van der Waals surface area contributed by atoms with Gasteiger partial charge in [-0.05, 0) is 46.4 Å². The molecule has 0 spiro atoms. The van der Waals surface area contributed by atoms with E-state index in [1.807, 2.05) is 6.07 Å². The predicted octanol–water partition coefficient (Wildman–Crippen LogP) is 2.93. The molecule has 0 radical (unpaired) electrons. The van der Waals surface area contributed by atoms with Crippen molar-refractivity contribution in [2.75, 3.05) is 0 Å². The molecule has 0 aliphatic heterocycles. The van der Waals surface area contributed by atoms with Crippen molar-refractivity contribution in [2.45, 2.75) is 4.43 Å². The van der Waals surface area contributed by atoms with Crippen molar-refractivity contribution in [2.24, 2.45) is 0 Å². The second kappa shape index (κ2) is 3.75. The SMILES string of the molecule is Oc1ccc(I)c(CI)c1. The van der Waals surface area contributed by atoms with Crippen molar-refractivity contribution in [3.8, 4) is 5.75 Å². The molecule has 0 aliphatic rings. The van der Waals surface area contributed by atoms with E-state index < -0.39 is 0 Å². The zero-order valence-corrected chi connectivity index (χ0v) is 9.46. The quantitative estimate of drug-likeness (QED) is 0.604. The molecule has 0 saturated heterocycles. The lowest BCUT2D eigenvalue weighted by molar-refractivity contribution is 0.474. The van der Waals surface area contributed by atoms with E-state index in [0.717, 1.165) is 4.43 Å². The molecule has 1 nitrogen and oxygen atoms in total. The molecule has 0 fully saturated rings. The van der Waals surface area contributed by atoms with Crippen molar-refractivity contribution < 1.29 is 5.11 Å². The molecule has 0 aromatic heterocycles. The average Bonchev–Trinajstić information content (AvgIpc) is 1.94. The molecule has 1 aromatic carbocycles. The maximum Gasteiger partial charge on any atom is 0.115 e. The monoisotopic (exact) mass is 360 g/mol. The van der Waals surface area contributed by atoms with Gasteiger partial charge in [0.15, 0.2) is 0 Å². The third-order valence-corrected chi connectivity index (χ3v) is 3.05. The van der Waals surface area contributed by atoms with E-state index >= 15 is 0 Å². The van der Waals surface area contributed by atoms with Gasteiger partial charge in [-0.3, -0.25) is 0 Å². The van der Waals surface area contributed by atoms with Crippen LogP contribution in [0.25, 0.3) is 0 Å². The van der Waals surface area contributed by atoms with E-state index in [1.54, 1.807) is 12.1 Å². The number of aromatic hydroxyl groups is 1. The van der Waals surface area contributed by atoms with Crippen molar-refractivity contribution >= 4 is 45.2 Å². The van der Waals surface area contributed by atoms with E-state index in [1.165, 1.54) is 9.13 Å². The first-order valence-electron chi connectivity index (χ1n) is 2.77. The summed E-state index contributed by atoms with van der Waals surface area (Å²) >= 11 is 4.54. The smallest absolute Gasteiger partial charge is 0.115 e. The summed E-state index contributed by atoms with van der Waals surface area (Å²) in [6, 6.07) is 5.43. The van der Waals surface area contributed by atoms with Crippen LogP contribution in [0.2, 0.25) is 0 Å².